The molecule has 1 aromatic rings. The van der Waals surface area contributed by atoms with E-state index in [-0.39, 0.29) is 13.2 Å². The average molecular weight is 331 g/mol. The fraction of sp³-hybridized carbons (Fsp3) is 0.385. The van der Waals surface area contributed by atoms with Crippen molar-refractivity contribution < 1.29 is 24.2 Å². The molecule has 0 atom stereocenters. The number of alkyl carbamates (subject to hydrolysis) is 1. The Morgan fingerprint density at radius 2 is 1.81 bits per heavy atom. The Balaban J connectivity index is 1.93. The van der Waals surface area contributed by atoms with Gasteiger partial charge in [-0.2, -0.15) is 0 Å². The molecule has 0 spiro atoms. The molecular formula is C13H17NO5S2. The van der Waals surface area contributed by atoms with Crippen LogP contribution in [-0.2, 0) is 16.1 Å². The third-order valence-corrected chi connectivity index (χ3v) is 4.51. The second kappa shape index (κ2) is 11.2. The molecule has 0 fully saturated rings. The van der Waals surface area contributed by atoms with Crippen LogP contribution in [0.15, 0.2) is 30.3 Å². The number of hydrogen-bond donors (Lipinski definition) is 2. The van der Waals surface area contributed by atoms with Crippen LogP contribution in [0.4, 0.5) is 9.59 Å². The van der Waals surface area contributed by atoms with E-state index in [2.05, 4.69) is 10.1 Å². The van der Waals surface area contributed by atoms with Crippen molar-refractivity contribution in [2.24, 2.45) is 0 Å². The summed E-state index contributed by atoms with van der Waals surface area (Å²) in [6.45, 7) is 0.908. The number of benzene rings is 1. The van der Waals surface area contributed by atoms with Crippen LogP contribution in [0.5, 0.6) is 0 Å². The second-order valence-electron chi connectivity index (χ2n) is 3.75. The van der Waals surface area contributed by atoms with Crippen molar-refractivity contribution in [1.82, 2.24) is 5.32 Å². The molecule has 0 aliphatic rings. The maximum absolute atomic E-state index is 11.4. The van der Waals surface area contributed by atoms with Crippen LogP contribution < -0.4 is 5.32 Å². The number of carbonyl (C=O) groups excluding carboxylic acids is 1. The van der Waals surface area contributed by atoms with Crippen molar-refractivity contribution >= 4 is 33.8 Å². The lowest BCUT2D eigenvalue weighted by Gasteiger charge is -2.06. The predicted octanol–water partition coefficient (Wildman–Crippen LogP) is 2.99. The zero-order chi connectivity index (χ0) is 15.3. The fourth-order valence-electron chi connectivity index (χ4n) is 1.25. The minimum Gasteiger partial charge on any atom is -0.450 e. The minimum absolute atomic E-state index is 0.166. The van der Waals surface area contributed by atoms with Crippen molar-refractivity contribution in [1.29, 1.82) is 0 Å². The van der Waals surface area contributed by atoms with Crippen LogP contribution in [0.3, 0.4) is 0 Å². The Bertz CT molecular complexity index is 430. The first-order chi connectivity index (χ1) is 10.2. The summed E-state index contributed by atoms with van der Waals surface area (Å²) in [5, 5.41) is 10.9. The van der Waals surface area contributed by atoms with Gasteiger partial charge in [0, 0.05) is 18.1 Å². The molecule has 8 heteroatoms. The zero-order valence-electron chi connectivity index (χ0n) is 11.3. The lowest BCUT2D eigenvalue weighted by molar-refractivity contribution is 0.0975. The number of amides is 1. The molecule has 1 amide bonds. The molecule has 0 radical (unpaired) electrons. The highest BCUT2D eigenvalue weighted by Crippen LogP contribution is 2.19. The SMILES string of the molecule is O=C(O)OCCSSCCNC(=O)OCc1ccccc1. The van der Waals surface area contributed by atoms with Gasteiger partial charge in [-0.25, -0.2) is 9.59 Å². The van der Waals surface area contributed by atoms with E-state index < -0.39 is 12.2 Å². The van der Waals surface area contributed by atoms with Gasteiger partial charge in [-0.1, -0.05) is 51.9 Å². The largest absolute Gasteiger partial charge is 0.505 e. The molecule has 0 aliphatic heterocycles. The summed E-state index contributed by atoms with van der Waals surface area (Å²) in [4.78, 5) is 21.5. The molecular weight excluding hydrogens is 314 g/mol. The number of carboxylic acid groups (broad SMARTS) is 1. The summed E-state index contributed by atoms with van der Waals surface area (Å²) in [5.74, 6) is 1.29. The smallest absolute Gasteiger partial charge is 0.450 e. The van der Waals surface area contributed by atoms with Gasteiger partial charge in [0.05, 0.1) is 0 Å². The lowest BCUT2D eigenvalue weighted by atomic mass is 10.2. The monoisotopic (exact) mass is 331 g/mol. The van der Waals surface area contributed by atoms with Gasteiger partial charge in [0.2, 0.25) is 0 Å². The number of carbonyl (C=O) groups is 2. The Labute approximate surface area is 131 Å². The van der Waals surface area contributed by atoms with Gasteiger partial charge in [0.1, 0.15) is 13.2 Å². The van der Waals surface area contributed by atoms with Crippen LogP contribution in [0, 0.1) is 0 Å². The molecule has 1 rings (SSSR count). The zero-order valence-corrected chi connectivity index (χ0v) is 13.0. The predicted molar refractivity (Wildman–Crippen MR) is 83.5 cm³/mol. The molecule has 0 aliphatic carbocycles. The molecule has 6 nitrogen and oxygen atoms in total. The molecule has 1 aromatic carbocycles. The molecule has 2 N–H and O–H groups in total. The first-order valence-corrected chi connectivity index (χ1v) is 8.72. The van der Waals surface area contributed by atoms with Crippen molar-refractivity contribution in [3.05, 3.63) is 35.9 Å². The van der Waals surface area contributed by atoms with E-state index in [0.29, 0.717) is 18.1 Å². The highest BCUT2D eigenvalue weighted by molar-refractivity contribution is 8.76. The van der Waals surface area contributed by atoms with Crippen LogP contribution in [0.1, 0.15) is 5.56 Å². The van der Waals surface area contributed by atoms with E-state index >= 15 is 0 Å². The molecule has 0 heterocycles. The molecule has 116 valence electrons. The molecule has 0 bridgehead atoms. The Morgan fingerprint density at radius 1 is 1.10 bits per heavy atom. The average Bonchev–Trinajstić information content (AvgIpc) is 2.48. The fourth-order valence-corrected chi connectivity index (χ4v) is 2.98. The lowest BCUT2D eigenvalue weighted by Crippen LogP contribution is -2.26. The topological polar surface area (TPSA) is 84.9 Å². The first kappa shape index (κ1) is 17.5. The van der Waals surface area contributed by atoms with Crippen LogP contribution >= 0.6 is 21.6 Å². The summed E-state index contributed by atoms with van der Waals surface area (Å²) in [5.41, 5.74) is 0.941. The highest BCUT2D eigenvalue weighted by atomic mass is 33.1. The van der Waals surface area contributed by atoms with Crippen molar-refractivity contribution in [3.8, 4) is 0 Å². The van der Waals surface area contributed by atoms with Gasteiger partial charge in [-0.05, 0) is 5.56 Å². The summed E-state index contributed by atoms with van der Waals surface area (Å²) in [6, 6.07) is 9.45. The van der Waals surface area contributed by atoms with E-state index in [0.717, 1.165) is 5.56 Å². The van der Waals surface area contributed by atoms with Gasteiger partial charge in [-0.15, -0.1) is 0 Å². The van der Waals surface area contributed by atoms with Crippen molar-refractivity contribution in [2.45, 2.75) is 6.61 Å². The third kappa shape index (κ3) is 9.91. The number of nitrogens with one attached hydrogen (secondary N) is 1. The second-order valence-corrected chi connectivity index (χ2v) is 6.45. The number of rotatable bonds is 9. The Hall–Kier alpha value is -1.54. The summed E-state index contributed by atoms with van der Waals surface area (Å²) >= 11 is 0. The maximum Gasteiger partial charge on any atom is 0.505 e. The van der Waals surface area contributed by atoms with Crippen molar-refractivity contribution in [3.63, 3.8) is 0 Å². The van der Waals surface area contributed by atoms with Crippen molar-refractivity contribution in [2.75, 3.05) is 24.7 Å². The van der Waals surface area contributed by atoms with E-state index in [9.17, 15) is 9.59 Å². The van der Waals surface area contributed by atoms with Crippen LogP contribution in [0.25, 0.3) is 0 Å². The molecule has 0 saturated carbocycles. The summed E-state index contributed by atoms with van der Waals surface area (Å²) in [6.07, 6.45) is -1.71. The molecule has 21 heavy (non-hydrogen) atoms. The minimum atomic E-state index is -1.26. The standard InChI is InChI=1S/C13H17NO5S2/c15-12(19-10-11-4-2-1-3-5-11)14-6-8-20-21-9-7-18-13(16)17/h1-5H,6-10H2,(H,14,15)(H,16,17). The van der Waals surface area contributed by atoms with Crippen LogP contribution in [0.2, 0.25) is 0 Å². The number of hydrogen-bond acceptors (Lipinski definition) is 6. The Morgan fingerprint density at radius 3 is 2.52 bits per heavy atom. The van der Waals surface area contributed by atoms with E-state index in [4.69, 9.17) is 9.84 Å². The van der Waals surface area contributed by atoms with Gasteiger partial charge in [0.25, 0.3) is 0 Å². The maximum atomic E-state index is 11.4. The van der Waals surface area contributed by atoms with E-state index in [1.54, 1.807) is 0 Å². The van der Waals surface area contributed by atoms with Gasteiger partial charge < -0.3 is 19.9 Å². The third-order valence-electron chi connectivity index (χ3n) is 2.14. The number of ether oxygens (including phenoxy) is 2. The van der Waals surface area contributed by atoms with Gasteiger partial charge in [0.15, 0.2) is 0 Å². The Kier molecular flexibility index (Phi) is 9.30. The van der Waals surface area contributed by atoms with Gasteiger partial charge in [-0.3, -0.25) is 0 Å². The quantitative estimate of drug-likeness (QED) is 0.409. The highest BCUT2D eigenvalue weighted by Gasteiger charge is 2.02. The van der Waals surface area contributed by atoms with Crippen LogP contribution in [-0.4, -0.2) is 42.0 Å². The summed E-state index contributed by atoms with van der Waals surface area (Å²) in [7, 11) is 3.03. The molecule has 0 saturated heterocycles. The van der Waals surface area contributed by atoms with E-state index in [1.165, 1.54) is 21.6 Å². The van der Waals surface area contributed by atoms with E-state index in [1.807, 2.05) is 30.3 Å². The normalized spacial score (nSPS) is 9.90. The molecule has 0 unspecified atom stereocenters. The van der Waals surface area contributed by atoms with Gasteiger partial charge >= 0.3 is 12.2 Å². The molecule has 0 aromatic heterocycles. The summed E-state index contributed by atoms with van der Waals surface area (Å²) < 4.78 is 9.40. The first-order valence-electron chi connectivity index (χ1n) is 6.23.